The molecular formula is C11H19NO3. The smallest absolute Gasteiger partial charge is 0.252 e. The fourth-order valence-corrected chi connectivity index (χ4v) is 1.76. The van der Waals surface area contributed by atoms with Crippen molar-refractivity contribution in [3.8, 4) is 0 Å². The van der Waals surface area contributed by atoms with E-state index in [0.29, 0.717) is 19.7 Å². The highest BCUT2D eigenvalue weighted by atomic mass is 16.5. The standard InChI is InChI=1S/C11H19NO3/c1-3-5-12(6-7-13)11(14)10-9(2)4-8-15-10/h3,9-10,13H,1,4-8H2,2H3. The highest BCUT2D eigenvalue weighted by Gasteiger charge is 2.33. The Hall–Kier alpha value is -0.870. The third-order valence-corrected chi connectivity index (χ3v) is 2.66. The van der Waals surface area contributed by atoms with E-state index in [9.17, 15) is 4.79 Å². The molecule has 2 unspecified atom stereocenters. The number of carbonyl (C=O) groups is 1. The van der Waals surface area contributed by atoms with Crippen molar-refractivity contribution in [3.05, 3.63) is 12.7 Å². The minimum Gasteiger partial charge on any atom is -0.395 e. The third-order valence-electron chi connectivity index (χ3n) is 2.66. The number of carbonyl (C=O) groups excluding carboxylic acids is 1. The van der Waals surface area contributed by atoms with Gasteiger partial charge in [0.1, 0.15) is 6.10 Å². The molecule has 1 amide bonds. The van der Waals surface area contributed by atoms with Crippen LogP contribution in [0.25, 0.3) is 0 Å². The van der Waals surface area contributed by atoms with Crippen molar-refractivity contribution in [2.45, 2.75) is 19.4 Å². The lowest BCUT2D eigenvalue weighted by Crippen LogP contribution is -2.42. The number of aliphatic hydroxyl groups excluding tert-OH is 1. The van der Waals surface area contributed by atoms with Gasteiger partial charge < -0.3 is 14.7 Å². The molecular weight excluding hydrogens is 194 g/mol. The molecule has 0 bridgehead atoms. The van der Waals surface area contributed by atoms with E-state index in [2.05, 4.69) is 6.58 Å². The van der Waals surface area contributed by atoms with Crippen LogP contribution in [0.1, 0.15) is 13.3 Å². The molecule has 1 N–H and O–H groups in total. The quantitative estimate of drug-likeness (QED) is 0.673. The molecule has 1 heterocycles. The largest absolute Gasteiger partial charge is 0.395 e. The first-order valence-electron chi connectivity index (χ1n) is 5.32. The van der Waals surface area contributed by atoms with Gasteiger partial charge >= 0.3 is 0 Å². The lowest BCUT2D eigenvalue weighted by molar-refractivity contribution is -0.142. The molecule has 1 saturated heterocycles. The zero-order valence-corrected chi connectivity index (χ0v) is 9.19. The summed E-state index contributed by atoms with van der Waals surface area (Å²) in [4.78, 5) is 13.6. The molecule has 0 aromatic rings. The highest BCUT2D eigenvalue weighted by Crippen LogP contribution is 2.21. The lowest BCUT2D eigenvalue weighted by Gasteiger charge is -2.24. The Morgan fingerprint density at radius 1 is 1.73 bits per heavy atom. The molecule has 0 aliphatic carbocycles. The van der Waals surface area contributed by atoms with Gasteiger partial charge in [-0.3, -0.25) is 4.79 Å². The average molecular weight is 213 g/mol. The average Bonchev–Trinajstić information content (AvgIpc) is 2.63. The molecule has 0 spiro atoms. The van der Waals surface area contributed by atoms with Gasteiger partial charge in [-0.15, -0.1) is 6.58 Å². The summed E-state index contributed by atoms with van der Waals surface area (Å²) in [6.07, 6.45) is 2.25. The highest BCUT2D eigenvalue weighted by molar-refractivity contribution is 5.81. The van der Waals surface area contributed by atoms with E-state index in [-0.39, 0.29) is 24.5 Å². The number of aliphatic hydroxyl groups is 1. The fourth-order valence-electron chi connectivity index (χ4n) is 1.76. The Morgan fingerprint density at radius 3 is 2.93 bits per heavy atom. The van der Waals surface area contributed by atoms with Crippen molar-refractivity contribution in [1.82, 2.24) is 4.90 Å². The molecule has 2 atom stereocenters. The van der Waals surface area contributed by atoms with Gasteiger partial charge in [-0.2, -0.15) is 0 Å². The number of rotatable bonds is 5. The Morgan fingerprint density at radius 2 is 2.47 bits per heavy atom. The molecule has 15 heavy (non-hydrogen) atoms. The maximum absolute atomic E-state index is 12.0. The second kappa shape index (κ2) is 5.88. The molecule has 0 aromatic carbocycles. The number of amides is 1. The van der Waals surface area contributed by atoms with E-state index >= 15 is 0 Å². The predicted molar refractivity (Wildman–Crippen MR) is 57.4 cm³/mol. The zero-order chi connectivity index (χ0) is 11.3. The summed E-state index contributed by atoms with van der Waals surface area (Å²) in [5.41, 5.74) is 0. The monoisotopic (exact) mass is 213 g/mol. The summed E-state index contributed by atoms with van der Waals surface area (Å²) in [6.45, 7) is 7.04. The molecule has 1 fully saturated rings. The van der Waals surface area contributed by atoms with Crippen LogP contribution in [0, 0.1) is 5.92 Å². The van der Waals surface area contributed by atoms with Crippen LogP contribution in [0.2, 0.25) is 0 Å². The molecule has 0 aromatic heterocycles. The normalized spacial score (nSPS) is 25.2. The van der Waals surface area contributed by atoms with E-state index in [0.717, 1.165) is 6.42 Å². The van der Waals surface area contributed by atoms with Gasteiger partial charge in [0, 0.05) is 19.7 Å². The van der Waals surface area contributed by atoms with E-state index in [4.69, 9.17) is 9.84 Å². The first-order valence-corrected chi connectivity index (χ1v) is 5.32. The van der Waals surface area contributed by atoms with E-state index in [1.807, 2.05) is 6.92 Å². The summed E-state index contributed by atoms with van der Waals surface area (Å²) >= 11 is 0. The van der Waals surface area contributed by atoms with Gasteiger partial charge in [0.25, 0.3) is 5.91 Å². The minimum atomic E-state index is -0.337. The summed E-state index contributed by atoms with van der Waals surface area (Å²) in [5.74, 6) is 0.234. The second-order valence-electron chi connectivity index (χ2n) is 3.85. The van der Waals surface area contributed by atoms with Crippen molar-refractivity contribution < 1.29 is 14.6 Å². The summed E-state index contributed by atoms with van der Waals surface area (Å²) in [6, 6.07) is 0. The zero-order valence-electron chi connectivity index (χ0n) is 9.19. The molecule has 1 aliphatic rings. The lowest BCUT2D eigenvalue weighted by atomic mass is 10.0. The van der Waals surface area contributed by atoms with Gasteiger partial charge in [0.15, 0.2) is 0 Å². The van der Waals surface area contributed by atoms with Crippen molar-refractivity contribution in [1.29, 1.82) is 0 Å². The molecule has 0 radical (unpaired) electrons. The first kappa shape index (κ1) is 12.2. The van der Waals surface area contributed by atoms with E-state index < -0.39 is 0 Å². The minimum absolute atomic E-state index is 0.0271. The van der Waals surface area contributed by atoms with Crippen LogP contribution >= 0.6 is 0 Å². The molecule has 1 aliphatic heterocycles. The number of hydrogen-bond acceptors (Lipinski definition) is 3. The molecule has 86 valence electrons. The van der Waals surface area contributed by atoms with Gasteiger partial charge in [-0.05, 0) is 12.3 Å². The fraction of sp³-hybridized carbons (Fsp3) is 0.727. The number of ether oxygens (including phenoxy) is 1. The van der Waals surface area contributed by atoms with Gasteiger partial charge in [0.05, 0.1) is 6.61 Å². The van der Waals surface area contributed by atoms with Crippen molar-refractivity contribution >= 4 is 5.91 Å². The summed E-state index contributed by atoms with van der Waals surface area (Å²) < 4.78 is 5.39. The second-order valence-corrected chi connectivity index (χ2v) is 3.85. The first-order chi connectivity index (χ1) is 7.20. The van der Waals surface area contributed by atoms with Crippen LogP contribution in [0.3, 0.4) is 0 Å². The predicted octanol–water partition coefficient (Wildman–Crippen LogP) is 0.418. The van der Waals surface area contributed by atoms with Crippen LogP contribution in [-0.2, 0) is 9.53 Å². The van der Waals surface area contributed by atoms with E-state index in [1.54, 1.807) is 11.0 Å². The van der Waals surface area contributed by atoms with E-state index in [1.165, 1.54) is 0 Å². The van der Waals surface area contributed by atoms with Crippen LogP contribution in [0.5, 0.6) is 0 Å². The summed E-state index contributed by atoms with van der Waals surface area (Å²) in [7, 11) is 0. The van der Waals surface area contributed by atoms with Gasteiger partial charge in [-0.25, -0.2) is 0 Å². The Labute approximate surface area is 90.5 Å². The molecule has 1 rings (SSSR count). The molecule has 4 heteroatoms. The summed E-state index contributed by atoms with van der Waals surface area (Å²) in [5, 5.41) is 8.85. The molecule has 0 saturated carbocycles. The van der Waals surface area contributed by atoms with Gasteiger partial charge in [0.2, 0.25) is 0 Å². The Kier molecular flexibility index (Phi) is 4.78. The van der Waals surface area contributed by atoms with Gasteiger partial charge in [-0.1, -0.05) is 13.0 Å². The maximum Gasteiger partial charge on any atom is 0.252 e. The SMILES string of the molecule is C=CCN(CCO)C(=O)C1OCCC1C. The topological polar surface area (TPSA) is 49.8 Å². The van der Waals surface area contributed by atoms with Crippen molar-refractivity contribution in [2.24, 2.45) is 5.92 Å². The van der Waals surface area contributed by atoms with Crippen molar-refractivity contribution in [2.75, 3.05) is 26.3 Å². The third kappa shape index (κ3) is 3.04. The Bertz CT molecular complexity index is 230. The van der Waals surface area contributed by atoms with Crippen molar-refractivity contribution in [3.63, 3.8) is 0 Å². The number of hydrogen-bond donors (Lipinski definition) is 1. The maximum atomic E-state index is 12.0. The van der Waals surface area contributed by atoms with Crippen LogP contribution in [0.15, 0.2) is 12.7 Å². The Balaban J connectivity index is 2.57. The van der Waals surface area contributed by atoms with Crippen LogP contribution < -0.4 is 0 Å². The van der Waals surface area contributed by atoms with Crippen LogP contribution in [0.4, 0.5) is 0 Å². The van der Waals surface area contributed by atoms with Crippen LogP contribution in [-0.4, -0.2) is 48.3 Å². The molecule has 4 nitrogen and oxygen atoms in total. The number of nitrogens with zero attached hydrogens (tertiary/aromatic N) is 1.